The van der Waals surface area contributed by atoms with Gasteiger partial charge in [-0.25, -0.2) is 13.8 Å². The topological polar surface area (TPSA) is 50.8 Å². The molecule has 96 valence electrons. The summed E-state index contributed by atoms with van der Waals surface area (Å²) in [4.78, 5) is 3.86. The monoisotopic (exact) mass is 245 g/mol. The summed E-state index contributed by atoms with van der Waals surface area (Å²) in [7, 11) is 0. The molecule has 1 aromatic rings. The lowest BCUT2D eigenvalue weighted by molar-refractivity contribution is 0.0196. The van der Waals surface area contributed by atoms with Crippen molar-refractivity contribution in [2.75, 3.05) is 6.61 Å². The molecule has 4 nitrogen and oxygen atoms in total. The number of alkyl halides is 2. The van der Waals surface area contributed by atoms with Crippen LogP contribution in [0.4, 0.5) is 8.78 Å². The highest BCUT2D eigenvalue weighted by molar-refractivity contribution is 5.06. The van der Waals surface area contributed by atoms with Crippen molar-refractivity contribution < 1.29 is 13.5 Å². The van der Waals surface area contributed by atoms with E-state index in [4.69, 9.17) is 4.74 Å². The van der Waals surface area contributed by atoms with Crippen LogP contribution >= 0.6 is 0 Å². The van der Waals surface area contributed by atoms with Gasteiger partial charge in [0.05, 0.1) is 6.10 Å². The number of aromatic amines is 1. The molecule has 0 aliphatic carbocycles. The molecule has 0 radical (unpaired) electrons. The second kappa shape index (κ2) is 4.33. The van der Waals surface area contributed by atoms with Gasteiger partial charge < -0.3 is 4.74 Å². The molecule has 0 unspecified atom stereocenters. The fourth-order valence-corrected chi connectivity index (χ4v) is 2.27. The van der Waals surface area contributed by atoms with Gasteiger partial charge in [0.2, 0.25) is 5.82 Å². The minimum Gasteiger partial charge on any atom is -0.377 e. The minimum absolute atomic E-state index is 0.0130. The number of aromatic nitrogens is 3. The Kier molecular flexibility index (Phi) is 3.16. The molecule has 1 aliphatic rings. The molecule has 1 saturated heterocycles. The highest BCUT2D eigenvalue weighted by Gasteiger charge is 2.40. The van der Waals surface area contributed by atoms with E-state index in [9.17, 15) is 8.78 Å². The number of ether oxygens (including phenoxy) is 1. The third-order valence-electron chi connectivity index (χ3n) is 3.01. The number of rotatable bonds is 2. The summed E-state index contributed by atoms with van der Waals surface area (Å²) in [6.07, 6.45) is -1.85. The van der Waals surface area contributed by atoms with E-state index < -0.39 is 12.2 Å². The molecule has 1 aromatic heterocycles. The predicted octanol–water partition coefficient (Wildman–Crippen LogP) is 2.66. The molecule has 0 spiro atoms. The van der Waals surface area contributed by atoms with Crippen LogP contribution in [0, 0.1) is 5.41 Å². The SMILES string of the molecule is CC(C)(C)[C@@H]1OCC[C@H]1c1nc(C(F)F)n[nH]1. The molecule has 1 fully saturated rings. The summed E-state index contributed by atoms with van der Waals surface area (Å²) < 4.78 is 30.5. The van der Waals surface area contributed by atoms with Gasteiger partial charge in [-0.15, -0.1) is 0 Å². The molecule has 2 atom stereocenters. The number of hydrogen-bond acceptors (Lipinski definition) is 3. The fourth-order valence-electron chi connectivity index (χ4n) is 2.27. The second-order valence-corrected chi connectivity index (χ2v) is 5.43. The molecule has 2 heterocycles. The molecule has 0 aromatic carbocycles. The lowest BCUT2D eigenvalue weighted by Crippen LogP contribution is -2.30. The van der Waals surface area contributed by atoms with E-state index in [1.54, 1.807) is 0 Å². The highest BCUT2D eigenvalue weighted by Crippen LogP contribution is 2.39. The zero-order valence-corrected chi connectivity index (χ0v) is 10.2. The van der Waals surface area contributed by atoms with Crippen molar-refractivity contribution in [2.24, 2.45) is 5.41 Å². The third-order valence-corrected chi connectivity index (χ3v) is 3.01. The second-order valence-electron chi connectivity index (χ2n) is 5.43. The van der Waals surface area contributed by atoms with Gasteiger partial charge in [-0.1, -0.05) is 20.8 Å². The van der Waals surface area contributed by atoms with E-state index in [0.717, 1.165) is 6.42 Å². The Hall–Kier alpha value is -1.04. The molecule has 1 N–H and O–H groups in total. The maximum absolute atomic E-state index is 12.4. The van der Waals surface area contributed by atoms with E-state index in [-0.39, 0.29) is 17.4 Å². The Balaban J connectivity index is 2.20. The molecule has 1 aliphatic heterocycles. The van der Waals surface area contributed by atoms with Crippen LogP contribution in [0.2, 0.25) is 0 Å². The first-order valence-corrected chi connectivity index (χ1v) is 5.71. The number of nitrogens with zero attached hydrogens (tertiary/aromatic N) is 2. The van der Waals surface area contributed by atoms with E-state index in [1.165, 1.54) is 0 Å². The van der Waals surface area contributed by atoms with Gasteiger partial charge >= 0.3 is 0 Å². The Morgan fingerprint density at radius 2 is 2.12 bits per heavy atom. The van der Waals surface area contributed by atoms with Crippen LogP contribution in [0.1, 0.15) is 51.2 Å². The molecule has 6 heteroatoms. The van der Waals surface area contributed by atoms with E-state index in [2.05, 4.69) is 36.0 Å². The Morgan fingerprint density at radius 1 is 1.41 bits per heavy atom. The van der Waals surface area contributed by atoms with Crippen LogP contribution in [0.25, 0.3) is 0 Å². The van der Waals surface area contributed by atoms with Crippen molar-refractivity contribution >= 4 is 0 Å². The van der Waals surface area contributed by atoms with Gasteiger partial charge in [-0.2, -0.15) is 5.10 Å². The van der Waals surface area contributed by atoms with Crippen LogP contribution in [0.5, 0.6) is 0 Å². The van der Waals surface area contributed by atoms with Crippen LogP contribution in [0.3, 0.4) is 0 Å². The Bertz CT molecular complexity index is 386. The molecular formula is C11H17F2N3O. The Morgan fingerprint density at radius 3 is 2.65 bits per heavy atom. The molecule has 2 rings (SSSR count). The van der Waals surface area contributed by atoms with Gasteiger partial charge in [-0.05, 0) is 11.8 Å². The van der Waals surface area contributed by atoms with Gasteiger partial charge in [-0.3, -0.25) is 5.10 Å². The van der Waals surface area contributed by atoms with Crippen molar-refractivity contribution in [3.63, 3.8) is 0 Å². The lowest BCUT2D eigenvalue weighted by Gasteiger charge is -2.29. The standard InChI is InChI=1S/C11H17F2N3O/c1-11(2,3)7-6(4-5-17-7)9-14-10(8(12)13)16-15-9/h6-8H,4-5H2,1-3H3,(H,14,15,16)/t6-,7-/m1/s1. The normalized spacial score (nSPS) is 25.8. The largest absolute Gasteiger partial charge is 0.377 e. The van der Waals surface area contributed by atoms with Crippen molar-refractivity contribution in [3.8, 4) is 0 Å². The van der Waals surface area contributed by atoms with Crippen LogP contribution < -0.4 is 0 Å². The molecular weight excluding hydrogens is 228 g/mol. The lowest BCUT2D eigenvalue weighted by atomic mass is 9.81. The van der Waals surface area contributed by atoms with Crippen LogP contribution in [-0.4, -0.2) is 27.9 Å². The smallest absolute Gasteiger partial charge is 0.299 e. The van der Waals surface area contributed by atoms with Gasteiger partial charge in [0, 0.05) is 12.5 Å². The maximum atomic E-state index is 12.4. The molecule has 0 amide bonds. The van der Waals surface area contributed by atoms with E-state index >= 15 is 0 Å². The van der Waals surface area contributed by atoms with Crippen molar-refractivity contribution in [3.05, 3.63) is 11.6 Å². The average molecular weight is 245 g/mol. The zero-order valence-electron chi connectivity index (χ0n) is 10.2. The minimum atomic E-state index is -2.63. The number of H-pyrrole nitrogens is 1. The first-order valence-electron chi connectivity index (χ1n) is 5.71. The zero-order chi connectivity index (χ0) is 12.6. The number of hydrogen-bond donors (Lipinski definition) is 1. The molecule has 0 bridgehead atoms. The van der Waals surface area contributed by atoms with Crippen LogP contribution in [0.15, 0.2) is 0 Å². The van der Waals surface area contributed by atoms with Crippen LogP contribution in [-0.2, 0) is 4.74 Å². The van der Waals surface area contributed by atoms with E-state index in [0.29, 0.717) is 12.4 Å². The quantitative estimate of drug-likeness (QED) is 0.871. The van der Waals surface area contributed by atoms with E-state index in [1.807, 2.05) is 0 Å². The summed E-state index contributed by atoms with van der Waals surface area (Å²) >= 11 is 0. The third kappa shape index (κ3) is 2.46. The summed E-state index contributed by atoms with van der Waals surface area (Å²) in [5.41, 5.74) is -0.0427. The van der Waals surface area contributed by atoms with Gasteiger partial charge in [0.15, 0.2) is 0 Å². The number of nitrogens with one attached hydrogen (secondary N) is 1. The fraction of sp³-hybridized carbons (Fsp3) is 0.818. The van der Waals surface area contributed by atoms with Gasteiger partial charge in [0.1, 0.15) is 5.82 Å². The predicted molar refractivity (Wildman–Crippen MR) is 57.9 cm³/mol. The van der Waals surface area contributed by atoms with Crippen molar-refractivity contribution in [1.82, 2.24) is 15.2 Å². The summed E-state index contributed by atoms with van der Waals surface area (Å²) in [5, 5.41) is 6.15. The molecule has 17 heavy (non-hydrogen) atoms. The first-order chi connectivity index (χ1) is 7.89. The molecule has 0 saturated carbocycles. The van der Waals surface area contributed by atoms with Crippen molar-refractivity contribution in [2.45, 2.75) is 45.6 Å². The summed E-state index contributed by atoms with van der Waals surface area (Å²) in [6.45, 7) is 6.85. The summed E-state index contributed by atoms with van der Waals surface area (Å²) in [5.74, 6) is 0.104. The summed E-state index contributed by atoms with van der Waals surface area (Å²) in [6, 6.07) is 0. The Labute approximate surface area is 98.8 Å². The highest BCUT2D eigenvalue weighted by atomic mass is 19.3. The number of halogens is 2. The average Bonchev–Trinajstić information content (AvgIpc) is 2.85. The van der Waals surface area contributed by atoms with Gasteiger partial charge in [0.25, 0.3) is 6.43 Å². The van der Waals surface area contributed by atoms with Crippen molar-refractivity contribution in [1.29, 1.82) is 0 Å². The maximum Gasteiger partial charge on any atom is 0.299 e. The first kappa shape index (κ1) is 12.4.